The molecule has 0 atom stereocenters. The second kappa shape index (κ2) is 2.80. The van der Waals surface area contributed by atoms with Crippen molar-refractivity contribution < 1.29 is 4.79 Å². The van der Waals surface area contributed by atoms with E-state index >= 15 is 0 Å². The molecule has 0 amide bonds. The van der Waals surface area contributed by atoms with Crippen molar-refractivity contribution in [3.63, 3.8) is 0 Å². The largest absolute Gasteiger partial charge is 0.497 e. The summed E-state index contributed by atoms with van der Waals surface area (Å²) in [6.45, 7) is 0. The molecule has 0 saturated heterocycles. The van der Waals surface area contributed by atoms with Crippen molar-refractivity contribution in [3.05, 3.63) is 41.4 Å². The summed E-state index contributed by atoms with van der Waals surface area (Å²) in [5.74, 6) is 0.139. The molecule has 3 heteroatoms. The lowest BCUT2D eigenvalue weighted by Crippen LogP contribution is -2.13. The standard InChI is InChI=1S/C7H7N3/c8-7(10-9)6-4-2-1-3-5-6/h1-5H,8H2. The van der Waals surface area contributed by atoms with Crippen LogP contribution in [0.5, 0.6) is 0 Å². The third-order valence-corrected chi connectivity index (χ3v) is 1.18. The average molecular weight is 133 g/mol. The average Bonchev–Trinajstić information content (AvgIpc) is 2.05. The van der Waals surface area contributed by atoms with Gasteiger partial charge in [0.1, 0.15) is 0 Å². The fraction of sp³-hybridized carbons (Fsp3) is 0. The highest BCUT2D eigenvalue weighted by Crippen LogP contribution is 1.94. The van der Waals surface area contributed by atoms with Crippen LogP contribution in [0, 0.1) is 0 Å². The summed E-state index contributed by atoms with van der Waals surface area (Å²) in [6, 6.07) is 9.07. The van der Waals surface area contributed by atoms with E-state index < -0.39 is 0 Å². The summed E-state index contributed by atoms with van der Waals surface area (Å²) in [7, 11) is 0. The third kappa shape index (κ3) is 1.21. The molecule has 0 saturated carbocycles. The molecule has 0 aromatic heterocycles. The van der Waals surface area contributed by atoms with Gasteiger partial charge in [-0.2, -0.15) is 0 Å². The van der Waals surface area contributed by atoms with E-state index in [-0.39, 0.29) is 5.84 Å². The first-order valence-electron chi connectivity index (χ1n) is 2.87. The van der Waals surface area contributed by atoms with E-state index in [9.17, 15) is 0 Å². The van der Waals surface area contributed by atoms with Crippen molar-refractivity contribution in [2.75, 3.05) is 0 Å². The van der Waals surface area contributed by atoms with Crippen molar-refractivity contribution in [1.82, 2.24) is 0 Å². The van der Waals surface area contributed by atoms with Crippen molar-refractivity contribution in [1.29, 1.82) is 0 Å². The maximum Gasteiger partial charge on any atom is 0.357 e. The molecule has 50 valence electrons. The molecule has 0 aliphatic rings. The predicted molar refractivity (Wildman–Crippen MR) is 38.4 cm³/mol. The van der Waals surface area contributed by atoms with Gasteiger partial charge >= 0.3 is 5.84 Å². The van der Waals surface area contributed by atoms with E-state index in [1.807, 2.05) is 18.2 Å². The van der Waals surface area contributed by atoms with E-state index in [1.165, 1.54) is 0 Å². The lowest BCUT2D eigenvalue weighted by atomic mass is 10.2. The summed E-state index contributed by atoms with van der Waals surface area (Å²) in [4.78, 5) is 2.85. The van der Waals surface area contributed by atoms with Gasteiger partial charge in [0.2, 0.25) is 0 Å². The predicted octanol–water partition coefficient (Wildman–Crippen LogP) is 0.622. The number of rotatable bonds is 1. The highest BCUT2D eigenvalue weighted by atomic mass is 14.9. The van der Waals surface area contributed by atoms with Gasteiger partial charge in [0.25, 0.3) is 0 Å². The van der Waals surface area contributed by atoms with Crippen LogP contribution in [-0.4, -0.2) is 10.6 Å². The monoisotopic (exact) mass is 133 g/mol. The van der Waals surface area contributed by atoms with Crippen LogP contribution in [0.15, 0.2) is 30.3 Å². The van der Waals surface area contributed by atoms with E-state index in [0.29, 0.717) is 0 Å². The summed E-state index contributed by atoms with van der Waals surface area (Å²) in [6.07, 6.45) is 0. The van der Waals surface area contributed by atoms with Crippen LogP contribution in [-0.2, 0) is 0 Å². The first-order chi connectivity index (χ1) is 4.84. The van der Waals surface area contributed by atoms with Gasteiger partial charge in [0, 0.05) is 0 Å². The summed E-state index contributed by atoms with van der Waals surface area (Å²) in [5.41, 5.74) is 14.3. The fourth-order valence-electron chi connectivity index (χ4n) is 0.667. The minimum Gasteiger partial charge on any atom is -0.497 e. The van der Waals surface area contributed by atoms with Crippen LogP contribution in [0.3, 0.4) is 0 Å². The number of nitrogens with zero attached hydrogens (tertiary/aromatic N) is 2. The topological polar surface area (TPSA) is 62.4 Å². The fourth-order valence-corrected chi connectivity index (χ4v) is 0.667. The molecular weight excluding hydrogens is 126 g/mol. The Bertz CT molecular complexity index is 259. The van der Waals surface area contributed by atoms with E-state index in [4.69, 9.17) is 11.3 Å². The van der Waals surface area contributed by atoms with Crippen LogP contribution in [0.4, 0.5) is 0 Å². The van der Waals surface area contributed by atoms with Crippen molar-refractivity contribution in [2.45, 2.75) is 0 Å². The van der Waals surface area contributed by atoms with E-state index in [1.54, 1.807) is 12.1 Å². The number of nitrogens with two attached hydrogens (primary N) is 1. The number of hydrogen-bond acceptors (Lipinski definition) is 0. The zero-order valence-electron chi connectivity index (χ0n) is 5.36. The molecule has 0 aliphatic heterocycles. The van der Waals surface area contributed by atoms with Gasteiger partial charge in [-0.05, 0) is 12.1 Å². The Kier molecular flexibility index (Phi) is 1.83. The summed E-state index contributed by atoms with van der Waals surface area (Å²) in [5, 5.41) is 0. The van der Waals surface area contributed by atoms with Gasteiger partial charge in [0.15, 0.2) is 0 Å². The number of benzene rings is 1. The minimum atomic E-state index is 0.139. The molecule has 0 bridgehead atoms. The van der Waals surface area contributed by atoms with Gasteiger partial charge < -0.3 is 10.3 Å². The second-order valence-electron chi connectivity index (χ2n) is 1.85. The Morgan fingerprint density at radius 2 is 1.90 bits per heavy atom. The molecule has 1 aromatic carbocycles. The highest BCUT2D eigenvalue weighted by Gasteiger charge is 1.99. The molecule has 0 radical (unpaired) electrons. The lowest BCUT2D eigenvalue weighted by Gasteiger charge is -1.87. The molecule has 10 heavy (non-hydrogen) atoms. The molecule has 1 rings (SSSR count). The normalized spacial score (nSPS) is 8.40. The molecule has 0 heterocycles. The van der Waals surface area contributed by atoms with Gasteiger partial charge in [-0.15, -0.1) is 0 Å². The van der Waals surface area contributed by atoms with Crippen LogP contribution >= 0.6 is 0 Å². The molecule has 3 nitrogen and oxygen atoms in total. The molecule has 2 N–H and O–H groups in total. The van der Waals surface area contributed by atoms with Gasteiger partial charge in [-0.1, -0.05) is 18.2 Å². The molecule has 1 aromatic rings. The van der Waals surface area contributed by atoms with Gasteiger partial charge in [-0.25, -0.2) is 0 Å². The quantitative estimate of drug-likeness (QED) is 0.259. The van der Waals surface area contributed by atoms with Crippen molar-refractivity contribution in [2.24, 2.45) is 5.73 Å². The van der Waals surface area contributed by atoms with Crippen LogP contribution in [0.2, 0.25) is 0 Å². The van der Waals surface area contributed by atoms with Crippen LogP contribution < -0.4 is 5.73 Å². The maximum absolute atomic E-state index is 8.25. The zero-order valence-corrected chi connectivity index (χ0v) is 5.36. The van der Waals surface area contributed by atoms with Crippen molar-refractivity contribution in [3.8, 4) is 0 Å². The van der Waals surface area contributed by atoms with Gasteiger partial charge in [0.05, 0.1) is 5.56 Å². The highest BCUT2D eigenvalue weighted by molar-refractivity contribution is 5.92. The maximum atomic E-state index is 8.25. The number of amidine groups is 1. The Morgan fingerprint density at radius 1 is 1.30 bits per heavy atom. The lowest BCUT2D eigenvalue weighted by molar-refractivity contribution is -0.00566. The molecule has 0 unspecified atom stereocenters. The molecular formula is C7H7N3. The smallest absolute Gasteiger partial charge is 0.357 e. The second-order valence-corrected chi connectivity index (χ2v) is 1.85. The molecule has 0 spiro atoms. The first-order valence-corrected chi connectivity index (χ1v) is 2.87. The molecule has 0 fully saturated rings. The zero-order chi connectivity index (χ0) is 7.40. The van der Waals surface area contributed by atoms with Crippen molar-refractivity contribution >= 4 is 5.84 Å². The third-order valence-electron chi connectivity index (χ3n) is 1.18. The SMILES string of the molecule is [N-]=[N+]=C(N)c1ccccc1. The Labute approximate surface area is 58.7 Å². The Balaban J connectivity index is 3.08. The summed E-state index contributed by atoms with van der Waals surface area (Å²) >= 11 is 0. The Morgan fingerprint density at radius 3 is 2.40 bits per heavy atom. The van der Waals surface area contributed by atoms with Crippen LogP contribution in [0.1, 0.15) is 5.56 Å². The first kappa shape index (κ1) is 6.52. The van der Waals surface area contributed by atoms with E-state index in [2.05, 4.69) is 4.79 Å². The van der Waals surface area contributed by atoms with Crippen LogP contribution in [0.25, 0.3) is 5.53 Å². The van der Waals surface area contributed by atoms with E-state index in [0.717, 1.165) is 5.56 Å². The minimum absolute atomic E-state index is 0.139. The summed E-state index contributed by atoms with van der Waals surface area (Å²) < 4.78 is 0. The van der Waals surface area contributed by atoms with Gasteiger partial charge in [-0.3, -0.25) is 5.73 Å². The Hall–Kier alpha value is -1.60. The number of hydrogen-bond donors (Lipinski definition) is 1. The molecule has 0 aliphatic carbocycles.